The number of allylic oxidation sites excluding steroid dienone is 2. The van der Waals surface area contributed by atoms with Gasteiger partial charge < -0.3 is 15.3 Å². The molecule has 2 aliphatic rings. The summed E-state index contributed by atoms with van der Waals surface area (Å²) < 4.78 is 0. The molecule has 1 aliphatic carbocycles. The third-order valence-corrected chi connectivity index (χ3v) is 8.92. The van der Waals surface area contributed by atoms with Gasteiger partial charge in [0.25, 0.3) is 0 Å². The maximum absolute atomic E-state index is 13.4. The lowest BCUT2D eigenvalue weighted by molar-refractivity contribution is -0.140. The molecule has 1 aliphatic heterocycles. The number of aliphatic hydroxyl groups excluding tert-OH is 2. The third kappa shape index (κ3) is 5.65. The predicted molar refractivity (Wildman–Crippen MR) is 150 cm³/mol. The van der Waals surface area contributed by atoms with Crippen molar-refractivity contribution in [1.82, 2.24) is 4.90 Å². The van der Waals surface area contributed by atoms with Crippen molar-refractivity contribution < 1.29 is 24.9 Å². The normalized spacial score (nSPS) is 22.8. The number of nitrogens with zero attached hydrogens (tertiary/aromatic N) is 1. The fourth-order valence-corrected chi connectivity index (χ4v) is 6.97. The second kappa shape index (κ2) is 12.0. The Bertz CT molecular complexity index is 1220. The van der Waals surface area contributed by atoms with Gasteiger partial charge in [-0.1, -0.05) is 36.6 Å². The second-order valence-electron chi connectivity index (χ2n) is 10.8. The maximum Gasteiger partial charge on any atom is 0.234 e. The number of amides is 2. The SMILES string of the molecule is CCC/C(=C\c1cc(C)c(O)c(C)c1)CC[C@@H](O)C1=C(C)C[C@H]2C(=O)N(Cc3cccs3)C(=O)[C@H]2[C@H]1CO. The number of phenolic OH excluding ortho intramolecular Hbond substituents is 1. The minimum absolute atomic E-state index is 0.174. The number of imide groups is 1. The molecule has 0 saturated carbocycles. The molecule has 38 heavy (non-hydrogen) atoms. The Kier molecular flexibility index (Phi) is 8.91. The van der Waals surface area contributed by atoms with Crippen LogP contribution in [-0.4, -0.2) is 44.7 Å². The Morgan fingerprint density at radius 2 is 1.87 bits per heavy atom. The highest BCUT2D eigenvalue weighted by Crippen LogP contribution is 2.46. The molecule has 2 aromatic rings. The predicted octanol–water partition coefficient (Wildman–Crippen LogP) is 5.53. The molecule has 2 amide bonds. The van der Waals surface area contributed by atoms with E-state index >= 15 is 0 Å². The first kappa shape index (κ1) is 28.3. The van der Waals surface area contributed by atoms with Crippen LogP contribution in [0.3, 0.4) is 0 Å². The number of aromatic hydroxyl groups is 1. The van der Waals surface area contributed by atoms with Crippen molar-refractivity contribution in [2.45, 2.75) is 72.4 Å². The van der Waals surface area contributed by atoms with E-state index in [1.54, 1.807) is 0 Å². The monoisotopic (exact) mass is 537 g/mol. The van der Waals surface area contributed by atoms with Crippen molar-refractivity contribution in [2.75, 3.05) is 6.61 Å². The van der Waals surface area contributed by atoms with Gasteiger partial charge in [0.05, 0.1) is 31.1 Å². The Labute approximate surface area is 229 Å². The Hall–Kier alpha value is -2.74. The number of fused-ring (bicyclic) bond motifs is 1. The molecule has 1 saturated heterocycles. The van der Waals surface area contributed by atoms with Gasteiger partial charge in [-0.15, -0.1) is 11.3 Å². The molecule has 1 aromatic carbocycles. The number of aryl methyl sites for hydroxylation is 2. The van der Waals surface area contributed by atoms with Gasteiger partial charge in [0, 0.05) is 10.8 Å². The van der Waals surface area contributed by atoms with Crippen LogP contribution in [0.4, 0.5) is 0 Å². The second-order valence-corrected chi connectivity index (χ2v) is 11.8. The van der Waals surface area contributed by atoms with Gasteiger partial charge in [0.15, 0.2) is 0 Å². The molecular weight excluding hydrogens is 498 g/mol. The van der Waals surface area contributed by atoms with E-state index in [-0.39, 0.29) is 25.0 Å². The highest BCUT2D eigenvalue weighted by atomic mass is 32.1. The summed E-state index contributed by atoms with van der Waals surface area (Å²) in [6.45, 7) is 7.81. The van der Waals surface area contributed by atoms with Crippen LogP contribution < -0.4 is 0 Å². The van der Waals surface area contributed by atoms with Crippen molar-refractivity contribution in [3.05, 3.63) is 67.9 Å². The lowest BCUT2D eigenvalue weighted by Gasteiger charge is -2.35. The number of likely N-dealkylation sites (tertiary alicyclic amines) is 1. The summed E-state index contributed by atoms with van der Waals surface area (Å²) in [5, 5.41) is 33.8. The molecule has 0 unspecified atom stereocenters. The van der Waals surface area contributed by atoms with Crippen molar-refractivity contribution >= 4 is 29.2 Å². The van der Waals surface area contributed by atoms with Crippen molar-refractivity contribution in [2.24, 2.45) is 17.8 Å². The number of aliphatic hydroxyl groups is 2. The summed E-state index contributed by atoms with van der Waals surface area (Å²) in [5.74, 6) is -1.77. The molecule has 1 aromatic heterocycles. The molecule has 0 spiro atoms. The molecule has 2 heterocycles. The zero-order valence-corrected chi connectivity index (χ0v) is 23.6. The third-order valence-electron chi connectivity index (χ3n) is 8.06. The zero-order valence-electron chi connectivity index (χ0n) is 22.7. The fourth-order valence-electron chi connectivity index (χ4n) is 6.27. The molecule has 0 bridgehead atoms. The van der Waals surface area contributed by atoms with Crippen LogP contribution in [0, 0.1) is 31.6 Å². The topological polar surface area (TPSA) is 98.1 Å². The van der Waals surface area contributed by atoms with Crippen LogP contribution in [0.15, 0.2) is 46.4 Å². The number of thiophene rings is 1. The smallest absolute Gasteiger partial charge is 0.234 e. The fraction of sp³-hybridized carbons (Fsp3) is 0.484. The van der Waals surface area contributed by atoms with Crippen molar-refractivity contribution in [3.8, 4) is 5.75 Å². The van der Waals surface area contributed by atoms with Crippen molar-refractivity contribution in [1.29, 1.82) is 0 Å². The average Bonchev–Trinajstić information content (AvgIpc) is 3.48. The summed E-state index contributed by atoms with van der Waals surface area (Å²) in [7, 11) is 0. The molecular formula is C31H39NO5S. The molecule has 6 nitrogen and oxygen atoms in total. The van der Waals surface area contributed by atoms with Crippen LogP contribution in [0.25, 0.3) is 6.08 Å². The van der Waals surface area contributed by atoms with E-state index in [1.165, 1.54) is 21.8 Å². The Morgan fingerprint density at radius 3 is 2.47 bits per heavy atom. The molecule has 4 rings (SSSR count). The quantitative estimate of drug-likeness (QED) is 0.274. The van der Waals surface area contributed by atoms with E-state index in [1.807, 2.05) is 50.4 Å². The average molecular weight is 538 g/mol. The highest BCUT2D eigenvalue weighted by Gasteiger charge is 2.54. The number of carbonyl (C=O) groups is 2. The van der Waals surface area contributed by atoms with E-state index < -0.39 is 23.9 Å². The zero-order chi connectivity index (χ0) is 27.6. The van der Waals surface area contributed by atoms with Gasteiger partial charge in [0.2, 0.25) is 11.8 Å². The molecule has 4 atom stereocenters. The molecule has 204 valence electrons. The van der Waals surface area contributed by atoms with Crippen LogP contribution in [0.2, 0.25) is 0 Å². The molecule has 1 fully saturated rings. The minimum Gasteiger partial charge on any atom is -0.507 e. The van der Waals surface area contributed by atoms with Gasteiger partial charge >= 0.3 is 0 Å². The van der Waals surface area contributed by atoms with E-state index in [0.29, 0.717) is 25.0 Å². The molecule has 0 radical (unpaired) electrons. The van der Waals surface area contributed by atoms with E-state index in [4.69, 9.17) is 0 Å². The van der Waals surface area contributed by atoms with Crippen molar-refractivity contribution in [3.63, 3.8) is 0 Å². The number of hydrogen-bond donors (Lipinski definition) is 3. The summed E-state index contributed by atoms with van der Waals surface area (Å²) in [6, 6.07) is 7.75. The highest BCUT2D eigenvalue weighted by molar-refractivity contribution is 7.09. The maximum atomic E-state index is 13.4. The van der Waals surface area contributed by atoms with Crippen LogP contribution in [0.1, 0.15) is 67.5 Å². The van der Waals surface area contributed by atoms with Gasteiger partial charge in [-0.25, -0.2) is 0 Å². The molecule has 3 N–H and O–H groups in total. The first-order chi connectivity index (χ1) is 18.2. The van der Waals surface area contributed by atoms with Gasteiger partial charge in [-0.05, 0) is 92.3 Å². The van der Waals surface area contributed by atoms with Gasteiger partial charge in [-0.2, -0.15) is 0 Å². The first-order valence-electron chi connectivity index (χ1n) is 13.5. The van der Waals surface area contributed by atoms with Gasteiger partial charge in [-0.3, -0.25) is 14.5 Å². The Morgan fingerprint density at radius 1 is 1.16 bits per heavy atom. The summed E-state index contributed by atoms with van der Waals surface area (Å²) in [5.41, 5.74) is 5.53. The lowest BCUT2D eigenvalue weighted by Crippen LogP contribution is -2.38. The number of rotatable bonds is 10. The molecule has 7 heteroatoms. The lowest BCUT2D eigenvalue weighted by atomic mass is 9.68. The Balaban J connectivity index is 1.52. The first-order valence-corrected chi connectivity index (χ1v) is 14.4. The largest absolute Gasteiger partial charge is 0.507 e. The van der Waals surface area contributed by atoms with Crippen LogP contribution in [0.5, 0.6) is 5.75 Å². The van der Waals surface area contributed by atoms with E-state index in [9.17, 15) is 24.9 Å². The van der Waals surface area contributed by atoms with Gasteiger partial charge in [0.1, 0.15) is 5.75 Å². The summed E-state index contributed by atoms with van der Waals surface area (Å²) >= 11 is 1.51. The summed E-state index contributed by atoms with van der Waals surface area (Å²) in [6.07, 6.45) is 4.78. The van der Waals surface area contributed by atoms with Crippen LogP contribution in [-0.2, 0) is 16.1 Å². The standard InChI is InChI=1S/C31H39NO5S/c1-5-7-21(15-22-12-19(3)29(35)20(4)13-22)9-10-26(34)27-18(2)14-24-28(25(27)17-33)31(37)32(30(24)36)16-23-8-6-11-38-23/h6,8,11-13,15,24-26,28,33-35H,5,7,9-10,14,16-17H2,1-4H3/b21-15+/t24-,25+,26-,28-/m1/s1. The summed E-state index contributed by atoms with van der Waals surface area (Å²) in [4.78, 5) is 28.9. The van der Waals surface area contributed by atoms with E-state index in [0.717, 1.165) is 45.6 Å². The number of hydrogen-bond acceptors (Lipinski definition) is 6. The number of carbonyl (C=O) groups excluding carboxylic acids is 2. The number of benzene rings is 1. The minimum atomic E-state index is -0.800. The number of phenols is 1. The van der Waals surface area contributed by atoms with Crippen LogP contribution >= 0.6 is 11.3 Å². The van der Waals surface area contributed by atoms with E-state index in [2.05, 4.69) is 13.0 Å².